The summed E-state index contributed by atoms with van der Waals surface area (Å²) in [5.41, 5.74) is 4.70. The van der Waals surface area contributed by atoms with Crippen LogP contribution < -0.4 is 14.9 Å². The summed E-state index contributed by atoms with van der Waals surface area (Å²) in [4.78, 5) is 12.1. The number of hydrogen-bond donors (Lipinski definition) is 2. The van der Waals surface area contributed by atoms with Crippen LogP contribution in [0.1, 0.15) is 16.1 Å². The lowest BCUT2D eigenvalue weighted by Gasteiger charge is -1.99. The molecular weight excluding hydrogens is 339 g/mol. The maximum atomic E-state index is 12.8. The van der Waals surface area contributed by atoms with Crippen LogP contribution in [0.2, 0.25) is 0 Å². The quantitative estimate of drug-likeness (QED) is 0.558. The number of aromatic nitrogens is 2. The second kappa shape index (κ2) is 6.67. The first-order valence-electron chi connectivity index (χ1n) is 7.73. The number of fused-ring (bicyclic) bond motifs is 1. The van der Waals surface area contributed by atoms with Crippen molar-refractivity contribution in [3.05, 3.63) is 65.6 Å². The Morgan fingerprint density at radius 2 is 1.96 bits per heavy atom. The van der Waals surface area contributed by atoms with Crippen molar-refractivity contribution in [2.45, 2.75) is 0 Å². The Labute approximate surface area is 147 Å². The molecule has 1 amide bonds. The molecule has 7 nitrogen and oxygen atoms in total. The Bertz CT molecular complexity index is 982. The van der Waals surface area contributed by atoms with E-state index in [1.54, 1.807) is 30.3 Å². The maximum Gasteiger partial charge on any atom is 0.289 e. The molecule has 0 aliphatic carbocycles. The van der Waals surface area contributed by atoms with Gasteiger partial charge in [0.05, 0.1) is 11.9 Å². The van der Waals surface area contributed by atoms with Crippen LogP contribution in [-0.4, -0.2) is 29.1 Å². The summed E-state index contributed by atoms with van der Waals surface area (Å²) < 4.78 is 23.4. The van der Waals surface area contributed by atoms with E-state index < -0.39 is 5.91 Å². The van der Waals surface area contributed by atoms with E-state index in [1.165, 1.54) is 18.3 Å². The minimum Gasteiger partial charge on any atom is -0.454 e. The van der Waals surface area contributed by atoms with E-state index in [4.69, 9.17) is 9.47 Å². The molecule has 8 heteroatoms. The van der Waals surface area contributed by atoms with Gasteiger partial charge in [0.15, 0.2) is 11.5 Å². The van der Waals surface area contributed by atoms with E-state index >= 15 is 0 Å². The van der Waals surface area contributed by atoms with Crippen LogP contribution in [0.4, 0.5) is 4.39 Å². The molecule has 2 N–H and O–H groups in total. The second-order valence-corrected chi connectivity index (χ2v) is 5.49. The van der Waals surface area contributed by atoms with Crippen LogP contribution in [0, 0.1) is 5.82 Å². The highest BCUT2D eigenvalue weighted by molar-refractivity contribution is 5.94. The zero-order chi connectivity index (χ0) is 17.9. The van der Waals surface area contributed by atoms with E-state index in [-0.39, 0.29) is 18.3 Å². The van der Waals surface area contributed by atoms with Crippen molar-refractivity contribution in [1.82, 2.24) is 15.6 Å². The predicted molar refractivity (Wildman–Crippen MR) is 91.6 cm³/mol. The standard InChI is InChI=1S/C18H13FN4O3/c19-13-4-1-11(2-5-13)9-20-23-18(24)15-8-14(21-22-15)12-3-6-16-17(7-12)26-10-25-16/h1-9H,10H2,(H,21,22)(H,23,24). The van der Waals surface area contributed by atoms with Crippen molar-refractivity contribution < 1.29 is 18.7 Å². The first-order chi connectivity index (χ1) is 12.7. The number of H-pyrrole nitrogens is 1. The van der Waals surface area contributed by atoms with Crippen molar-refractivity contribution in [3.8, 4) is 22.8 Å². The molecule has 1 aromatic heterocycles. The fourth-order valence-corrected chi connectivity index (χ4v) is 2.42. The third kappa shape index (κ3) is 3.25. The van der Waals surface area contributed by atoms with E-state index in [9.17, 15) is 9.18 Å². The normalized spacial score (nSPS) is 12.5. The van der Waals surface area contributed by atoms with E-state index in [1.807, 2.05) is 6.07 Å². The lowest BCUT2D eigenvalue weighted by Crippen LogP contribution is -2.17. The fourth-order valence-electron chi connectivity index (χ4n) is 2.42. The molecule has 0 saturated heterocycles. The summed E-state index contributed by atoms with van der Waals surface area (Å²) in [6, 6.07) is 12.8. The molecular formula is C18H13FN4O3. The summed E-state index contributed by atoms with van der Waals surface area (Å²) in [6.07, 6.45) is 1.42. The molecule has 4 rings (SSSR count). The molecule has 130 valence electrons. The smallest absolute Gasteiger partial charge is 0.289 e. The molecule has 0 bridgehead atoms. The summed E-state index contributed by atoms with van der Waals surface area (Å²) in [5, 5.41) is 10.6. The number of amides is 1. The van der Waals surface area contributed by atoms with Gasteiger partial charge in [0.2, 0.25) is 6.79 Å². The van der Waals surface area contributed by atoms with Crippen molar-refractivity contribution in [2.75, 3.05) is 6.79 Å². The second-order valence-electron chi connectivity index (χ2n) is 5.49. The number of benzene rings is 2. The highest BCUT2D eigenvalue weighted by Crippen LogP contribution is 2.35. The molecule has 0 unspecified atom stereocenters. The molecule has 1 aliphatic heterocycles. The Hall–Kier alpha value is -3.68. The van der Waals surface area contributed by atoms with Gasteiger partial charge in [-0.3, -0.25) is 9.89 Å². The summed E-state index contributed by atoms with van der Waals surface area (Å²) in [7, 11) is 0. The number of carbonyl (C=O) groups is 1. The Kier molecular flexibility index (Phi) is 4.06. The van der Waals surface area contributed by atoms with Gasteiger partial charge in [0.1, 0.15) is 11.5 Å². The molecule has 0 spiro atoms. The molecule has 2 heterocycles. The zero-order valence-electron chi connectivity index (χ0n) is 13.4. The summed E-state index contributed by atoms with van der Waals surface area (Å²) in [6.45, 7) is 0.194. The largest absolute Gasteiger partial charge is 0.454 e. The minimum atomic E-state index is -0.442. The van der Waals surface area contributed by atoms with Crippen LogP contribution in [0.5, 0.6) is 11.5 Å². The molecule has 3 aromatic rings. The van der Waals surface area contributed by atoms with Gasteiger partial charge in [0, 0.05) is 5.56 Å². The van der Waals surface area contributed by atoms with Gasteiger partial charge >= 0.3 is 0 Å². The van der Waals surface area contributed by atoms with Crippen molar-refractivity contribution in [1.29, 1.82) is 0 Å². The molecule has 0 saturated carbocycles. The highest BCUT2D eigenvalue weighted by Gasteiger charge is 2.16. The van der Waals surface area contributed by atoms with E-state index in [0.717, 1.165) is 5.56 Å². The van der Waals surface area contributed by atoms with Gasteiger partial charge in [-0.2, -0.15) is 10.2 Å². The lowest BCUT2D eigenvalue weighted by atomic mass is 10.1. The number of nitrogens with one attached hydrogen (secondary N) is 2. The lowest BCUT2D eigenvalue weighted by molar-refractivity contribution is 0.0950. The number of hydrogen-bond acceptors (Lipinski definition) is 5. The number of halogens is 1. The van der Waals surface area contributed by atoms with Gasteiger partial charge < -0.3 is 9.47 Å². The Morgan fingerprint density at radius 1 is 1.15 bits per heavy atom. The third-order valence-corrected chi connectivity index (χ3v) is 3.74. The average molecular weight is 352 g/mol. The van der Waals surface area contributed by atoms with Crippen LogP contribution in [0.15, 0.2) is 53.6 Å². The Morgan fingerprint density at radius 3 is 2.81 bits per heavy atom. The van der Waals surface area contributed by atoms with Gasteiger partial charge in [-0.1, -0.05) is 12.1 Å². The van der Waals surface area contributed by atoms with Crippen LogP contribution >= 0.6 is 0 Å². The number of hydrazone groups is 1. The number of nitrogens with zero attached hydrogens (tertiary/aromatic N) is 2. The zero-order valence-corrected chi connectivity index (χ0v) is 13.4. The summed E-state index contributed by atoms with van der Waals surface area (Å²) in [5.74, 6) is 0.542. The van der Waals surface area contributed by atoms with Crippen LogP contribution in [-0.2, 0) is 0 Å². The SMILES string of the molecule is O=C(NN=Cc1ccc(F)cc1)c1cc(-c2ccc3c(c2)OCO3)n[nH]1. The van der Waals surface area contributed by atoms with Gasteiger partial charge in [-0.25, -0.2) is 9.82 Å². The monoisotopic (exact) mass is 352 g/mol. The number of ether oxygens (including phenoxy) is 2. The highest BCUT2D eigenvalue weighted by atomic mass is 19.1. The molecule has 2 aromatic carbocycles. The van der Waals surface area contributed by atoms with Gasteiger partial charge in [0.25, 0.3) is 5.91 Å². The molecule has 0 fully saturated rings. The molecule has 0 radical (unpaired) electrons. The fraction of sp³-hybridized carbons (Fsp3) is 0.0556. The molecule has 0 atom stereocenters. The van der Waals surface area contributed by atoms with Gasteiger partial charge in [-0.15, -0.1) is 0 Å². The van der Waals surface area contributed by atoms with Crippen molar-refractivity contribution >= 4 is 12.1 Å². The van der Waals surface area contributed by atoms with E-state index in [2.05, 4.69) is 20.7 Å². The number of carbonyl (C=O) groups excluding carboxylic acids is 1. The first kappa shape index (κ1) is 15.8. The topological polar surface area (TPSA) is 88.6 Å². The van der Waals surface area contributed by atoms with Gasteiger partial charge in [-0.05, 0) is 42.0 Å². The predicted octanol–water partition coefficient (Wildman–Crippen LogP) is 2.71. The summed E-state index contributed by atoms with van der Waals surface area (Å²) >= 11 is 0. The number of aromatic amines is 1. The third-order valence-electron chi connectivity index (χ3n) is 3.74. The van der Waals surface area contributed by atoms with Crippen LogP contribution in [0.3, 0.4) is 0 Å². The average Bonchev–Trinajstić information content (AvgIpc) is 3.32. The van der Waals surface area contributed by atoms with Crippen LogP contribution in [0.25, 0.3) is 11.3 Å². The van der Waals surface area contributed by atoms with Crippen molar-refractivity contribution in [2.24, 2.45) is 5.10 Å². The minimum absolute atomic E-state index is 0.194. The Balaban J connectivity index is 1.44. The first-order valence-corrected chi connectivity index (χ1v) is 7.73. The van der Waals surface area contributed by atoms with E-state index in [0.29, 0.717) is 22.8 Å². The maximum absolute atomic E-state index is 12.8. The molecule has 1 aliphatic rings. The van der Waals surface area contributed by atoms with Crippen molar-refractivity contribution in [3.63, 3.8) is 0 Å². The number of rotatable bonds is 4. The molecule has 26 heavy (non-hydrogen) atoms.